The van der Waals surface area contributed by atoms with Gasteiger partial charge in [0, 0.05) is 16.8 Å². The van der Waals surface area contributed by atoms with Crippen LogP contribution >= 0.6 is 0 Å². The maximum atomic E-state index is 12.5. The highest BCUT2D eigenvalue weighted by atomic mass is 16.6. The quantitative estimate of drug-likeness (QED) is 0.423. The van der Waals surface area contributed by atoms with Crippen molar-refractivity contribution < 1.29 is 14.1 Å². The third kappa shape index (κ3) is 2.69. The van der Waals surface area contributed by atoms with Gasteiger partial charge in [0.25, 0.3) is 11.6 Å². The predicted molar refractivity (Wildman–Crippen MR) is 97.0 cm³/mol. The smallest absolute Gasteiger partial charge is 0.293 e. The molecule has 4 aromatic rings. The van der Waals surface area contributed by atoms with Crippen LogP contribution in [0.5, 0.6) is 0 Å². The van der Waals surface area contributed by atoms with Gasteiger partial charge in [-0.1, -0.05) is 30.3 Å². The SMILES string of the molecule is C[C@@H](NC(=O)c1cc2cccc([N+](=O)[O-])c2[nH]1)c1cc2ccccc2o1. The minimum absolute atomic E-state index is 0.0631. The van der Waals surface area contributed by atoms with E-state index in [1.807, 2.05) is 37.3 Å². The number of nitro benzene ring substituents is 1. The van der Waals surface area contributed by atoms with E-state index in [9.17, 15) is 14.9 Å². The third-order valence-corrected chi connectivity index (χ3v) is 4.29. The molecule has 2 aromatic carbocycles. The Labute approximate surface area is 147 Å². The van der Waals surface area contributed by atoms with Crippen LogP contribution in [0.3, 0.4) is 0 Å². The lowest BCUT2D eigenvalue weighted by atomic mass is 10.2. The van der Waals surface area contributed by atoms with Gasteiger partial charge in [0.05, 0.1) is 11.0 Å². The molecule has 0 fully saturated rings. The molecule has 0 aliphatic heterocycles. The summed E-state index contributed by atoms with van der Waals surface area (Å²) in [5.41, 5.74) is 1.29. The number of hydrogen-bond acceptors (Lipinski definition) is 4. The normalized spacial score (nSPS) is 12.3. The summed E-state index contributed by atoms with van der Waals surface area (Å²) >= 11 is 0. The molecule has 1 amide bonds. The number of benzene rings is 2. The van der Waals surface area contributed by atoms with E-state index in [0.717, 1.165) is 11.0 Å². The summed E-state index contributed by atoms with van der Waals surface area (Å²) in [6.07, 6.45) is 0. The summed E-state index contributed by atoms with van der Waals surface area (Å²) in [6.45, 7) is 1.82. The first-order chi connectivity index (χ1) is 12.5. The van der Waals surface area contributed by atoms with Gasteiger partial charge in [-0.05, 0) is 25.1 Å². The number of H-pyrrole nitrogens is 1. The average Bonchev–Trinajstić information content (AvgIpc) is 3.25. The Hall–Kier alpha value is -3.61. The first kappa shape index (κ1) is 15.9. The highest BCUT2D eigenvalue weighted by Gasteiger charge is 2.19. The molecule has 1 atom stereocenters. The fourth-order valence-electron chi connectivity index (χ4n) is 2.98. The zero-order valence-corrected chi connectivity index (χ0v) is 13.9. The number of rotatable bonds is 4. The molecule has 26 heavy (non-hydrogen) atoms. The monoisotopic (exact) mass is 349 g/mol. The summed E-state index contributed by atoms with van der Waals surface area (Å²) in [4.78, 5) is 26.0. The van der Waals surface area contributed by atoms with Gasteiger partial charge in [-0.15, -0.1) is 0 Å². The van der Waals surface area contributed by atoms with Crippen molar-refractivity contribution in [2.24, 2.45) is 0 Å². The molecule has 7 nitrogen and oxygen atoms in total. The topological polar surface area (TPSA) is 101 Å². The minimum atomic E-state index is -0.475. The van der Waals surface area contributed by atoms with Gasteiger partial charge in [0.1, 0.15) is 22.6 Å². The first-order valence-corrected chi connectivity index (χ1v) is 8.08. The van der Waals surface area contributed by atoms with Crippen LogP contribution in [0.15, 0.2) is 59.0 Å². The molecule has 4 rings (SSSR count). The number of aromatic nitrogens is 1. The van der Waals surface area contributed by atoms with E-state index in [1.165, 1.54) is 6.07 Å². The van der Waals surface area contributed by atoms with Crippen LogP contribution in [0.4, 0.5) is 5.69 Å². The molecule has 0 aliphatic rings. The molecule has 0 saturated carbocycles. The van der Waals surface area contributed by atoms with Crippen LogP contribution in [-0.2, 0) is 0 Å². The van der Waals surface area contributed by atoms with Crippen molar-refractivity contribution in [3.63, 3.8) is 0 Å². The fourth-order valence-corrected chi connectivity index (χ4v) is 2.98. The largest absolute Gasteiger partial charge is 0.459 e. The van der Waals surface area contributed by atoms with Gasteiger partial charge < -0.3 is 14.7 Å². The predicted octanol–water partition coefficient (Wildman–Crippen LogP) is 4.31. The highest BCUT2D eigenvalue weighted by Crippen LogP contribution is 2.26. The standard InChI is InChI=1S/C19H15N3O4/c1-11(17-10-12-5-2-3-8-16(12)26-17)20-19(23)14-9-13-6-4-7-15(22(24)25)18(13)21-14/h2-11,21H,1H3,(H,20,23)/t11-/m1/s1. The summed E-state index contributed by atoms with van der Waals surface area (Å²) < 4.78 is 5.76. The number of furan rings is 1. The molecule has 2 N–H and O–H groups in total. The van der Waals surface area contributed by atoms with Crippen molar-refractivity contribution in [1.29, 1.82) is 0 Å². The maximum absolute atomic E-state index is 12.5. The Morgan fingerprint density at radius 2 is 1.92 bits per heavy atom. The van der Waals surface area contributed by atoms with Crippen LogP contribution in [0.2, 0.25) is 0 Å². The number of para-hydroxylation sites is 2. The zero-order chi connectivity index (χ0) is 18.3. The number of hydrogen-bond donors (Lipinski definition) is 2. The number of non-ortho nitro benzene ring substituents is 1. The second-order valence-corrected chi connectivity index (χ2v) is 6.06. The molecule has 2 aromatic heterocycles. The molecule has 0 aliphatic carbocycles. The van der Waals surface area contributed by atoms with Crippen LogP contribution < -0.4 is 5.32 Å². The molecule has 2 heterocycles. The van der Waals surface area contributed by atoms with Gasteiger partial charge in [0.15, 0.2) is 0 Å². The third-order valence-electron chi connectivity index (χ3n) is 4.29. The Balaban J connectivity index is 1.60. The Bertz CT molecular complexity index is 1110. The number of nitro groups is 1. The lowest BCUT2D eigenvalue weighted by molar-refractivity contribution is -0.383. The molecule has 0 unspecified atom stereocenters. The van der Waals surface area contributed by atoms with E-state index in [4.69, 9.17) is 4.42 Å². The fraction of sp³-hybridized carbons (Fsp3) is 0.105. The number of amides is 1. The molecule has 7 heteroatoms. The van der Waals surface area contributed by atoms with Crippen molar-refractivity contribution in [2.75, 3.05) is 0 Å². The molecule has 130 valence electrons. The molecular weight excluding hydrogens is 334 g/mol. The Kier molecular flexibility index (Phi) is 3.69. The van der Waals surface area contributed by atoms with Crippen LogP contribution in [0.1, 0.15) is 29.2 Å². The van der Waals surface area contributed by atoms with E-state index in [-0.39, 0.29) is 23.3 Å². The number of aromatic amines is 1. The van der Waals surface area contributed by atoms with Gasteiger partial charge >= 0.3 is 0 Å². The lowest BCUT2D eigenvalue weighted by Gasteiger charge is -2.10. The van der Waals surface area contributed by atoms with E-state index in [1.54, 1.807) is 18.2 Å². The van der Waals surface area contributed by atoms with Crippen molar-refractivity contribution in [3.05, 3.63) is 76.2 Å². The molecule has 0 spiro atoms. The van der Waals surface area contributed by atoms with E-state index in [0.29, 0.717) is 16.7 Å². The van der Waals surface area contributed by atoms with Crippen molar-refractivity contribution in [2.45, 2.75) is 13.0 Å². The summed E-state index contributed by atoms with van der Waals surface area (Å²) in [5, 5.41) is 15.5. The molecule has 0 radical (unpaired) electrons. The number of carbonyl (C=O) groups is 1. The van der Waals surface area contributed by atoms with Crippen LogP contribution in [0, 0.1) is 10.1 Å². The van der Waals surface area contributed by atoms with E-state index >= 15 is 0 Å². The van der Waals surface area contributed by atoms with E-state index in [2.05, 4.69) is 10.3 Å². The zero-order valence-electron chi connectivity index (χ0n) is 13.9. The van der Waals surface area contributed by atoms with Gasteiger partial charge in [-0.3, -0.25) is 14.9 Å². The summed E-state index contributed by atoms with van der Waals surface area (Å²) in [6, 6.07) is 15.5. The Morgan fingerprint density at radius 1 is 1.15 bits per heavy atom. The number of nitrogens with one attached hydrogen (secondary N) is 2. The van der Waals surface area contributed by atoms with Gasteiger partial charge in [-0.25, -0.2) is 0 Å². The maximum Gasteiger partial charge on any atom is 0.293 e. The second-order valence-electron chi connectivity index (χ2n) is 6.06. The van der Waals surface area contributed by atoms with Gasteiger partial charge in [-0.2, -0.15) is 0 Å². The minimum Gasteiger partial charge on any atom is -0.459 e. The molecule has 0 saturated heterocycles. The summed E-state index contributed by atoms with van der Waals surface area (Å²) in [5.74, 6) is 0.282. The molecular formula is C19H15N3O4. The Morgan fingerprint density at radius 3 is 2.69 bits per heavy atom. The first-order valence-electron chi connectivity index (χ1n) is 8.08. The van der Waals surface area contributed by atoms with Crippen LogP contribution in [-0.4, -0.2) is 15.8 Å². The lowest BCUT2D eigenvalue weighted by Crippen LogP contribution is -2.26. The highest BCUT2D eigenvalue weighted by molar-refractivity contribution is 6.00. The average molecular weight is 349 g/mol. The van der Waals surface area contributed by atoms with Crippen molar-refractivity contribution >= 4 is 33.5 Å². The number of fused-ring (bicyclic) bond motifs is 2. The summed E-state index contributed by atoms with van der Waals surface area (Å²) in [7, 11) is 0. The van der Waals surface area contributed by atoms with Crippen molar-refractivity contribution in [1.82, 2.24) is 10.3 Å². The van der Waals surface area contributed by atoms with Crippen molar-refractivity contribution in [3.8, 4) is 0 Å². The van der Waals surface area contributed by atoms with E-state index < -0.39 is 4.92 Å². The second kappa shape index (κ2) is 6.03. The number of carbonyl (C=O) groups excluding carboxylic acids is 1. The van der Waals surface area contributed by atoms with Crippen LogP contribution in [0.25, 0.3) is 21.9 Å². The molecule has 0 bridgehead atoms. The van der Waals surface area contributed by atoms with Gasteiger partial charge in [0.2, 0.25) is 0 Å². The number of nitrogens with zero attached hydrogens (tertiary/aromatic N) is 1.